The van der Waals surface area contributed by atoms with Crippen molar-refractivity contribution in [3.05, 3.63) is 0 Å². The first kappa shape index (κ1) is 19.9. The number of rotatable bonds is 6. The highest BCUT2D eigenvalue weighted by Gasteiger charge is 2.30. The first-order valence-electron chi connectivity index (χ1n) is 8.51. The second-order valence-electron chi connectivity index (χ2n) is 6.03. The summed E-state index contributed by atoms with van der Waals surface area (Å²) in [5.74, 6) is -0.679. The Kier molecular flexibility index (Phi) is 7.67. The van der Waals surface area contributed by atoms with E-state index in [2.05, 4.69) is 0 Å². The molecule has 2 fully saturated rings. The molecule has 0 aliphatic carbocycles. The van der Waals surface area contributed by atoms with Gasteiger partial charge >= 0.3 is 0 Å². The summed E-state index contributed by atoms with van der Waals surface area (Å²) < 4.78 is 0. The van der Waals surface area contributed by atoms with Crippen LogP contribution in [0, 0.1) is 0 Å². The molecule has 2 heterocycles. The molecule has 0 unspecified atom stereocenters. The lowest BCUT2D eigenvalue weighted by Crippen LogP contribution is -2.44. The van der Waals surface area contributed by atoms with Crippen LogP contribution in [0.1, 0.15) is 52.4 Å². The number of carbonyl (C=O) groups is 4. The average Bonchev–Trinajstić information content (AvgIpc) is 3.11. The molecule has 8 nitrogen and oxygen atoms in total. The number of hydrogen-bond acceptors (Lipinski definition) is 4. The molecular weight excluding hydrogens is 312 g/mol. The van der Waals surface area contributed by atoms with Crippen LogP contribution in [0.4, 0.5) is 0 Å². The van der Waals surface area contributed by atoms with Crippen LogP contribution in [0.15, 0.2) is 0 Å². The summed E-state index contributed by atoms with van der Waals surface area (Å²) in [5.41, 5.74) is 10.3. The second-order valence-corrected chi connectivity index (χ2v) is 6.03. The van der Waals surface area contributed by atoms with Crippen LogP contribution in [-0.4, -0.2) is 58.6 Å². The van der Waals surface area contributed by atoms with E-state index < -0.39 is 11.8 Å². The van der Waals surface area contributed by atoms with Crippen LogP contribution in [0.5, 0.6) is 0 Å². The lowest BCUT2D eigenvalue weighted by atomic mass is 10.2. The van der Waals surface area contributed by atoms with Gasteiger partial charge in [-0.15, -0.1) is 0 Å². The number of nitrogens with two attached hydrogens (primary N) is 2. The first-order chi connectivity index (χ1) is 11.3. The minimum atomic E-state index is -0.396. The monoisotopic (exact) mass is 340 g/mol. The molecule has 2 rings (SSSR count). The summed E-state index contributed by atoms with van der Waals surface area (Å²) in [4.78, 5) is 47.3. The van der Waals surface area contributed by atoms with E-state index in [0.717, 1.165) is 12.8 Å². The molecule has 136 valence electrons. The maximum absolute atomic E-state index is 11.2. The van der Waals surface area contributed by atoms with E-state index in [4.69, 9.17) is 11.5 Å². The zero-order valence-electron chi connectivity index (χ0n) is 14.5. The van der Waals surface area contributed by atoms with Crippen molar-refractivity contribution in [2.24, 2.45) is 11.5 Å². The summed E-state index contributed by atoms with van der Waals surface area (Å²) in [7, 11) is 0. The Morgan fingerprint density at radius 3 is 1.38 bits per heavy atom. The molecule has 0 aromatic heterocycles. The molecule has 0 aromatic carbocycles. The van der Waals surface area contributed by atoms with Gasteiger partial charge in [-0.2, -0.15) is 0 Å². The van der Waals surface area contributed by atoms with Crippen molar-refractivity contribution in [1.29, 1.82) is 0 Å². The fraction of sp³-hybridized carbons (Fsp3) is 0.750. The maximum atomic E-state index is 11.2. The molecular formula is C16H28N4O4. The smallest absolute Gasteiger partial charge is 0.240 e. The number of likely N-dealkylation sites (tertiary alicyclic amines) is 2. The van der Waals surface area contributed by atoms with Gasteiger partial charge in [0.2, 0.25) is 23.6 Å². The Bertz CT molecular complexity index is 450. The quantitative estimate of drug-likeness (QED) is 0.691. The molecule has 2 aliphatic rings. The van der Waals surface area contributed by atoms with E-state index in [1.54, 1.807) is 9.80 Å². The van der Waals surface area contributed by atoms with Gasteiger partial charge in [0, 0.05) is 25.9 Å². The number of hydrogen-bond donors (Lipinski definition) is 2. The third kappa shape index (κ3) is 4.94. The summed E-state index contributed by atoms with van der Waals surface area (Å²) in [6.07, 6.45) is 4.04. The van der Waals surface area contributed by atoms with Gasteiger partial charge in [0.1, 0.15) is 12.1 Å². The largest absolute Gasteiger partial charge is 0.368 e. The van der Waals surface area contributed by atoms with Crippen molar-refractivity contribution >= 4 is 23.6 Å². The SMILES string of the molecule is CC[C@@H](C(N)=O)N1CCCC1=O.CC[C@H](C(N)=O)N1CCCC1=O. The van der Waals surface area contributed by atoms with Crippen LogP contribution in [0.3, 0.4) is 0 Å². The minimum absolute atomic E-state index is 0.0562. The molecule has 4 N–H and O–H groups in total. The fourth-order valence-corrected chi connectivity index (χ4v) is 3.15. The summed E-state index contributed by atoms with van der Waals surface area (Å²) >= 11 is 0. The van der Waals surface area contributed by atoms with E-state index in [9.17, 15) is 19.2 Å². The van der Waals surface area contributed by atoms with Gasteiger partial charge in [-0.05, 0) is 25.7 Å². The molecule has 8 heteroatoms. The van der Waals surface area contributed by atoms with Gasteiger partial charge in [-0.3, -0.25) is 19.2 Å². The van der Waals surface area contributed by atoms with E-state index in [-0.39, 0.29) is 23.9 Å². The Morgan fingerprint density at radius 2 is 1.21 bits per heavy atom. The lowest BCUT2D eigenvalue weighted by Gasteiger charge is -2.23. The minimum Gasteiger partial charge on any atom is -0.368 e. The molecule has 0 saturated carbocycles. The highest BCUT2D eigenvalue weighted by atomic mass is 16.2. The first-order valence-corrected chi connectivity index (χ1v) is 8.51. The molecule has 0 aromatic rings. The van der Waals surface area contributed by atoms with Gasteiger partial charge in [-0.25, -0.2) is 0 Å². The molecule has 4 amide bonds. The summed E-state index contributed by atoms with van der Waals surface area (Å²) in [5, 5.41) is 0. The standard InChI is InChI=1S/2C8H14N2O2/c2*1-2-6(8(9)12)10-5-3-4-7(10)11/h2*6H,2-5H2,1H3,(H2,9,12)/t2*6-/m10/s1. The second kappa shape index (κ2) is 9.24. The van der Waals surface area contributed by atoms with E-state index in [1.165, 1.54) is 0 Å². The van der Waals surface area contributed by atoms with Crippen molar-refractivity contribution in [1.82, 2.24) is 9.80 Å². The number of amides is 4. The van der Waals surface area contributed by atoms with Gasteiger partial charge in [-0.1, -0.05) is 13.8 Å². The van der Waals surface area contributed by atoms with Crippen molar-refractivity contribution in [2.45, 2.75) is 64.5 Å². The van der Waals surface area contributed by atoms with Crippen molar-refractivity contribution in [3.63, 3.8) is 0 Å². The normalized spacial score (nSPS) is 19.8. The van der Waals surface area contributed by atoms with E-state index >= 15 is 0 Å². The highest BCUT2D eigenvalue weighted by molar-refractivity contribution is 5.88. The fourth-order valence-electron chi connectivity index (χ4n) is 3.15. The Labute approximate surface area is 142 Å². The Hall–Kier alpha value is -2.12. The predicted molar refractivity (Wildman–Crippen MR) is 88.4 cm³/mol. The third-order valence-corrected chi connectivity index (χ3v) is 4.40. The third-order valence-electron chi connectivity index (χ3n) is 4.40. The Balaban J connectivity index is 0.000000240. The van der Waals surface area contributed by atoms with Crippen LogP contribution in [0.25, 0.3) is 0 Å². The van der Waals surface area contributed by atoms with Crippen LogP contribution in [0.2, 0.25) is 0 Å². The summed E-state index contributed by atoms with van der Waals surface area (Å²) in [6.45, 7) is 5.09. The maximum Gasteiger partial charge on any atom is 0.240 e. The van der Waals surface area contributed by atoms with Crippen LogP contribution in [-0.2, 0) is 19.2 Å². The average molecular weight is 340 g/mol. The number of primary amides is 2. The van der Waals surface area contributed by atoms with Crippen molar-refractivity contribution in [3.8, 4) is 0 Å². The predicted octanol–water partition coefficient (Wildman–Crippen LogP) is -0.255. The zero-order chi connectivity index (χ0) is 18.3. The Morgan fingerprint density at radius 1 is 0.875 bits per heavy atom. The lowest BCUT2D eigenvalue weighted by molar-refractivity contribution is -0.136. The van der Waals surface area contributed by atoms with Crippen molar-refractivity contribution in [2.75, 3.05) is 13.1 Å². The highest BCUT2D eigenvalue weighted by Crippen LogP contribution is 2.15. The van der Waals surface area contributed by atoms with Gasteiger partial charge < -0.3 is 21.3 Å². The molecule has 0 bridgehead atoms. The molecule has 2 aliphatic heterocycles. The van der Waals surface area contributed by atoms with E-state index in [1.807, 2.05) is 13.8 Å². The molecule has 24 heavy (non-hydrogen) atoms. The summed E-state index contributed by atoms with van der Waals surface area (Å²) in [6, 6.07) is -0.778. The topological polar surface area (TPSA) is 127 Å². The van der Waals surface area contributed by atoms with Gasteiger partial charge in [0.05, 0.1) is 0 Å². The van der Waals surface area contributed by atoms with Gasteiger partial charge in [0.15, 0.2) is 0 Å². The molecule has 2 atom stereocenters. The van der Waals surface area contributed by atoms with Crippen molar-refractivity contribution < 1.29 is 19.2 Å². The van der Waals surface area contributed by atoms with E-state index in [0.29, 0.717) is 38.8 Å². The molecule has 0 radical (unpaired) electrons. The zero-order valence-corrected chi connectivity index (χ0v) is 14.5. The molecule has 2 saturated heterocycles. The number of nitrogens with zero attached hydrogens (tertiary/aromatic N) is 2. The van der Waals surface area contributed by atoms with Crippen LogP contribution >= 0.6 is 0 Å². The van der Waals surface area contributed by atoms with Gasteiger partial charge in [0.25, 0.3) is 0 Å². The molecule has 0 spiro atoms. The number of carbonyl (C=O) groups excluding carboxylic acids is 4. The van der Waals surface area contributed by atoms with Crippen LogP contribution < -0.4 is 11.5 Å².